The Bertz CT molecular complexity index is 494. The Balaban J connectivity index is 2.01. The lowest BCUT2D eigenvalue weighted by Gasteiger charge is -2.35. The normalized spacial score (nSPS) is 16.5. The number of hydrogen-bond acceptors (Lipinski definition) is 3. The summed E-state index contributed by atoms with van der Waals surface area (Å²) in [6.07, 6.45) is 0. The van der Waals surface area contributed by atoms with Gasteiger partial charge in [0, 0.05) is 42.9 Å². The topological polar surface area (TPSA) is 23.6 Å². The number of hydrogen-bond donors (Lipinski definition) is 0. The molecular weight excluding hydrogens is 292 g/mol. The molecule has 0 atom stereocenters. The van der Waals surface area contributed by atoms with E-state index in [1.165, 1.54) is 0 Å². The summed E-state index contributed by atoms with van der Waals surface area (Å²) in [4.78, 5) is 18.4. The van der Waals surface area contributed by atoms with Crippen LogP contribution in [0.2, 0.25) is 0 Å². The molecule has 1 amide bonds. The molecule has 1 fully saturated rings. The van der Waals surface area contributed by atoms with Crippen LogP contribution in [0.25, 0.3) is 0 Å². The van der Waals surface area contributed by atoms with Gasteiger partial charge in [-0.1, -0.05) is 39.8 Å². The fraction of sp³-hybridized carbons (Fsp3) is 0.611. The molecule has 0 spiro atoms. The molecule has 0 aromatic heterocycles. The number of carbonyl (C=O) groups excluding carboxylic acids is 1. The summed E-state index contributed by atoms with van der Waals surface area (Å²) in [5.41, 5.74) is 0.860. The molecule has 0 unspecified atom stereocenters. The van der Waals surface area contributed by atoms with E-state index in [9.17, 15) is 4.79 Å². The van der Waals surface area contributed by atoms with Crippen molar-refractivity contribution in [1.82, 2.24) is 9.80 Å². The molecule has 1 heterocycles. The molecule has 2 rings (SSSR count). The monoisotopic (exact) mass is 320 g/mol. The Morgan fingerprint density at radius 2 is 1.73 bits per heavy atom. The number of rotatable bonds is 5. The maximum Gasteiger partial charge on any atom is 0.255 e. The standard InChI is InChI=1S/C18H28N2OS/c1-14(2)13-19-9-11-20(12-10-19)18(21)16-7-5-6-8-17(16)22-15(3)4/h5-8,14-15H,9-13H2,1-4H3. The molecule has 0 N–H and O–H groups in total. The summed E-state index contributed by atoms with van der Waals surface area (Å²) in [7, 11) is 0. The van der Waals surface area contributed by atoms with Crippen molar-refractivity contribution in [3.05, 3.63) is 29.8 Å². The lowest BCUT2D eigenvalue weighted by Crippen LogP contribution is -2.49. The van der Waals surface area contributed by atoms with Crippen molar-refractivity contribution in [2.75, 3.05) is 32.7 Å². The van der Waals surface area contributed by atoms with Gasteiger partial charge in [-0.15, -0.1) is 11.8 Å². The van der Waals surface area contributed by atoms with Crippen molar-refractivity contribution in [3.63, 3.8) is 0 Å². The number of piperazine rings is 1. The highest BCUT2D eigenvalue weighted by Crippen LogP contribution is 2.27. The van der Waals surface area contributed by atoms with Crippen molar-refractivity contribution in [2.45, 2.75) is 37.8 Å². The molecule has 1 aromatic rings. The van der Waals surface area contributed by atoms with Gasteiger partial charge in [0.2, 0.25) is 0 Å². The molecular formula is C18H28N2OS. The third-order valence-electron chi connectivity index (χ3n) is 3.76. The fourth-order valence-corrected chi connectivity index (χ4v) is 3.77. The van der Waals surface area contributed by atoms with Crippen LogP contribution in [0.15, 0.2) is 29.2 Å². The SMILES string of the molecule is CC(C)CN1CCN(C(=O)c2ccccc2SC(C)C)CC1. The van der Waals surface area contributed by atoms with Gasteiger partial charge in [0.25, 0.3) is 5.91 Å². The van der Waals surface area contributed by atoms with Gasteiger partial charge in [0.1, 0.15) is 0 Å². The zero-order valence-corrected chi connectivity index (χ0v) is 15.0. The number of benzene rings is 1. The average Bonchev–Trinajstić information content (AvgIpc) is 2.47. The van der Waals surface area contributed by atoms with Crippen molar-refractivity contribution in [3.8, 4) is 0 Å². The van der Waals surface area contributed by atoms with Crippen LogP contribution in [-0.4, -0.2) is 53.7 Å². The second-order valence-corrected chi connectivity index (χ2v) is 8.27. The van der Waals surface area contributed by atoms with E-state index in [-0.39, 0.29) is 5.91 Å². The number of amides is 1. The predicted octanol–water partition coefficient (Wildman–Crippen LogP) is 3.60. The van der Waals surface area contributed by atoms with E-state index in [1.54, 1.807) is 11.8 Å². The first-order valence-corrected chi connectivity index (χ1v) is 9.12. The molecule has 1 aliphatic heterocycles. The fourth-order valence-electron chi connectivity index (χ4n) is 2.82. The van der Waals surface area contributed by atoms with Gasteiger partial charge in [-0.25, -0.2) is 0 Å². The highest BCUT2D eigenvalue weighted by Gasteiger charge is 2.24. The van der Waals surface area contributed by atoms with Crippen molar-refractivity contribution in [2.24, 2.45) is 5.92 Å². The van der Waals surface area contributed by atoms with Crippen LogP contribution in [0.3, 0.4) is 0 Å². The van der Waals surface area contributed by atoms with Gasteiger partial charge in [0.15, 0.2) is 0 Å². The first-order chi connectivity index (χ1) is 10.5. The molecule has 1 aliphatic rings. The van der Waals surface area contributed by atoms with Gasteiger partial charge in [-0.3, -0.25) is 9.69 Å². The summed E-state index contributed by atoms with van der Waals surface area (Å²) in [5, 5.41) is 0.483. The van der Waals surface area contributed by atoms with Crippen molar-refractivity contribution >= 4 is 17.7 Å². The highest BCUT2D eigenvalue weighted by molar-refractivity contribution is 8.00. The quantitative estimate of drug-likeness (QED) is 0.775. The van der Waals surface area contributed by atoms with E-state index in [0.29, 0.717) is 11.2 Å². The third-order valence-corrected chi connectivity index (χ3v) is 4.84. The van der Waals surface area contributed by atoms with E-state index in [0.717, 1.165) is 43.2 Å². The number of carbonyl (C=O) groups is 1. The minimum absolute atomic E-state index is 0.188. The smallest absolute Gasteiger partial charge is 0.255 e. The van der Waals surface area contributed by atoms with Gasteiger partial charge in [-0.05, 0) is 18.1 Å². The molecule has 0 saturated carbocycles. The average molecular weight is 321 g/mol. The lowest BCUT2D eigenvalue weighted by molar-refractivity contribution is 0.0620. The van der Waals surface area contributed by atoms with Gasteiger partial charge in [-0.2, -0.15) is 0 Å². The molecule has 1 aromatic carbocycles. The third kappa shape index (κ3) is 4.75. The summed E-state index contributed by atoms with van der Waals surface area (Å²) < 4.78 is 0. The maximum absolute atomic E-state index is 12.8. The minimum Gasteiger partial charge on any atom is -0.336 e. The molecule has 3 nitrogen and oxygen atoms in total. The second-order valence-electron chi connectivity index (χ2n) is 6.65. The summed E-state index contributed by atoms with van der Waals surface area (Å²) >= 11 is 1.77. The largest absolute Gasteiger partial charge is 0.336 e. The molecule has 22 heavy (non-hydrogen) atoms. The molecule has 1 saturated heterocycles. The molecule has 122 valence electrons. The first kappa shape index (κ1) is 17.4. The second kappa shape index (κ2) is 8.02. The van der Waals surface area contributed by atoms with Crippen LogP contribution in [0.1, 0.15) is 38.1 Å². The summed E-state index contributed by atoms with van der Waals surface area (Å²) in [5.74, 6) is 0.873. The predicted molar refractivity (Wildman–Crippen MR) is 94.6 cm³/mol. The minimum atomic E-state index is 0.188. The van der Waals surface area contributed by atoms with Crippen LogP contribution >= 0.6 is 11.8 Å². The molecule has 4 heteroatoms. The Labute approximate surface area is 139 Å². The first-order valence-electron chi connectivity index (χ1n) is 8.24. The summed E-state index contributed by atoms with van der Waals surface area (Å²) in [6.45, 7) is 13.6. The van der Waals surface area contributed by atoms with E-state index in [4.69, 9.17) is 0 Å². The van der Waals surface area contributed by atoms with Gasteiger partial charge in [0.05, 0.1) is 5.56 Å². The van der Waals surface area contributed by atoms with E-state index >= 15 is 0 Å². The lowest BCUT2D eigenvalue weighted by atomic mass is 10.1. The Kier molecular flexibility index (Phi) is 6.33. The van der Waals surface area contributed by atoms with Crippen LogP contribution in [0.5, 0.6) is 0 Å². The van der Waals surface area contributed by atoms with Crippen molar-refractivity contribution in [1.29, 1.82) is 0 Å². The zero-order chi connectivity index (χ0) is 16.1. The van der Waals surface area contributed by atoms with Gasteiger partial charge >= 0.3 is 0 Å². The van der Waals surface area contributed by atoms with E-state index in [1.807, 2.05) is 23.1 Å². The molecule has 0 radical (unpaired) electrons. The Hall–Kier alpha value is -1.00. The van der Waals surface area contributed by atoms with Crippen LogP contribution in [-0.2, 0) is 0 Å². The number of nitrogens with zero attached hydrogens (tertiary/aromatic N) is 2. The molecule has 0 bridgehead atoms. The number of thioether (sulfide) groups is 1. The zero-order valence-electron chi connectivity index (χ0n) is 14.2. The Morgan fingerprint density at radius 1 is 1.09 bits per heavy atom. The molecule has 0 aliphatic carbocycles. The van der Waals surface area contributed by atoms with E-state index < -0.39 is 0 Å². The van der Waals surface area contributed by atoms with Gasteiger partial charge < -0.3 is 4.90 Å². The van der Waals surface area contributed by atoms with Crippen LogP contribution in [0.4, 0.5) is 0 Å². The van der Waals surface area contributed by atoms with Crippen LogP contribution in [0, 0.1) is 5.92 Å². The van der Waals surface area contributed by atoms with E-state index in [2.05, 4.69) is 38.7 Å². The summed E-state index contributed by atoms with van der Waals surface area (Å²) in [6, 6.07) is 8.01. The highest BCUT2D eigenvalue weighted by atomic mass is 32.2. The Morgan fingerprint density at radius 3 is 2.32 bits per heavy atom. The maximum atomic E-state index is 12.8. The van der Waals surface area contributed by atoms with Crippen LogP contribution < -0.4 is 0 Å². The van der Waals surface area contributed by atoms with Crippen molar-refractivity contribution < 1.29 is 4.79 Å².